The van der Waals surface area contributed by atoms with E-state index in [0.717, 1.165) is 22.8 Å². The third-order valence-electron chi connectivity index (χ3n) is 4.31. The molecule has 2 heterocycles. The van der Waals surface area contributed by atoms with Gasteiger partial charge in [-0.1, -0.05) is 18.2 Å². The van der Waals surface area contributed by atoms with Crippen molar-refractivity contribution in [3.63, 3.8) is 0 Å². The second kappa shape index (κ2) is 6.88. The normalized spacial score (nSPS) is 15.7. The lowest BCUT2D eigenvalue weighted by Gasteiger charge is -2.26. The summed E-state index contributed by atoms with van der Waals surface area (Å²) in [6.45, 7) is 2.58. The maximum atomic E-state index is 13.0. The fourth-order valence-electron chi connectivity index (χ4n) is 3.15. The lowest BCUT2D eigenvalue weighted by Crippen LogP contribution is -2.32. The van der Waals surface area contributed by atoms with Crippen LogP contribution in [0.25, 0.3) is 0 Å². The minimum absolute atomic E-state index is 0.0530. The van der Waals surface area contributed by atoms with Gasteiger partial charge in [0.1, 0.15) is 5.75 Å². The average Bonchev–Trinajstić information content (AvgIpc) is 2.96. The first-order valence-corrected chi connectivity index (χ1v) is 8.61. The van der Waals surface area contributed by atoms with Crippen LogP contribution < -0.4 is 15.0 Å². The molecule has 1 aromatic heterocycles. The number of benzene rings is 2. The van der Waals surface area contributed by atoms with Crippen molar-refractivity contribution in [1.29, 1.82) is 0 Å². The van der Waals surface area contributed by atoms with Crippen LogP contribution in [0, 0.1) is 0 Å². The molecule has 2 aromatic carbocycles. The van der Waals surface area contributed by atoms with Crippen LogP contribution in [0.15, 0.2) is 72.9 Å². The molecule has 130 valence electrons. The first-order chi connectivity index (χ1) is 12.8. The van der Waals surface area contributed by atoms with Gasteiger partial charge in [0, 0.05) is 17.6 Å². The predicted molar refractivity (Wildman–Crippen MR) is 101 cm³/mol. The van der Waals surface area contributed by atoms with Crippen LogP contribution in [0.3, 0.4) is 0 Å². The monoisotopic (exact) mass is 345 g/mol. The number of ether oxygens (including phenoxy) is 1. The first-order valence-electron chi connectivity index (χ1n) is 8.61. The zero-order valence-electron chi connectivity index (χ0n) is 14.4. The Balaban J connectivity index is 1.69. The fraction of sp³-hybridized carbons (Fsp3) is 0.143. The van der Waals surface area contributed by atoms with E-state index in [1.54, 1.807) is 17.2 Å². The summed E-state index contributed by atoms with van der Waals surface area (Å²) in [7, 11) is 0. The Morgan fingerprint density at radius 1 is 1.04 bits per heavy atom. The number of aromatic nitrogens is 1. The average molecular weight is 345 g/mol. The number of fused-ring (bicyclic) bond motifs is 1. The summed E-state index contributed by atoms with van der Waals surface area (Å²) >= 11 is 0. The van der Waals surface area contributed by atoms with Crippen molar-refractivity contribution < 1.29 is 9.53 Å². The van der Waals surface area contributed by atoms with E-state index in [1.165, 1.54) is 0 Å². The van der Waals surface area contributed by atoms with E-state index in [9.17, 15) is 4.79 Å². The molecular weight excluding hydrogens is 326 g/mol. The number of carbonyl (C=O) groups excluding carboxylic acids is 1. The van der Waals surface area contributed by atoms with E-state index < -0.39 is 0 Å². The molecule has 0 radical (unpaired) electrons. The molecule has 26 heavy (non-hydrogen) atoms. The van der Waals surface area contributed by atoms with E-state index >= 15 is 0 Å². The van der Waals surface area contributed by atoms with Gasteiger partial charge in [0.05, 0.1) is 17.9 Å². The molecule has 0 aliphatic carbocycles. The number of rotatable bonds is 5. The zero-order chi connectivity index (χ0) is 17.9. The van der Waals surface area contributed by atoms with Crippen LogP contribution in [0.2, 0.25) is 0 Å². The lowest BCUT2D eigenvalue weighted by atomic mass is 10.2. The second-order valence-corrected chi connectivity index (χ2v) is 5.95. The Bertz CT molecular complexity index is 910. The molecule has 5 nitrogen and oxygen atoms in total. The van der Waals surface area contributed by atoms with E-state index in [0.29, 0.717) is 12.2 Å². The molecule has 3 aromatic rings. The van der Waals surface area contributed by atoms with Crippen molar-refractivity contribution in [3.8, 4) is 5.75 Å². The number of carbonyl (C=O) groups is 1. The van der Waals surface area contributed by atoms with Crippen LogP contribution in [0.5, 0.6) is 5.75 Å². The smallest absolute Gasteiger partial charge is 0.262 e. The maximum absolute atomic E-state index is 13.0. The van der Waals surface area contributed by atoms with Crippen molar-refractivity contribution in [2.75, 3.05) is 16.8 Å². The quantitative estimate of drug-likeness (QED) is 0.751. The van der Waals surface area contributed by atoms with Crippen molar-refractivity contribution in [2.45, 2.75) is 13.1 Å². The summed E-state index contributed by atoms with van der Waals surface area (Å²) in [6, 6.07) is 21.0. The van der Waals surface area contributed by atoms with E-state index in [4.69, 9.17) is 4.74 Å². The van der Waals surface area contributed by atoms with Gasteiger partial charge in [-0.15, -0.1) is 0 Å². The van der Waals surface area contributed by atoms with Gasteiger partial charge in [-0.2, -0.15) is 0 Å². The largest absolute Gasteiger partial charge is 0.494 e. The summed E-state index contributed by atoms with van der Waals surface area (Å²) in [4.78, 5) is 19.2. The van der Waals surface area contributed by atoms with Crippen molar-refractivity contribution >= 4 is 17.3 Å². The first kappa shape index (κ1) is 16.1. The van der Waals surface area contributed by atoms with E-state index in [-0.39, 0.29) is 12.1 Å². The molecule has 1 aliphatic heterocycles. The molecule has 5 heteroatoms. The maximum Gasteiger partial charge on any atom is 0.262 e. The van der Waals surface area contributed by atoms with Gasteiger partial charge in [0.15, 0.2) is 6.17 Å². The van der Waals surface area contributed by atoms with Crippen LogP contribution in [-0.2, 0) is 0 Å². The standard InChI is InChI=1S/C21H19N3O2/c1-2-26-17-12-10-15(11-13-17)23-20-19-18(9-6-14-22-19)21(25)24(20)16-7-4-3-5-8-16/h3-14,20,23H,2H2,1H3. The Morgan fingerprint density at radius 3 is 2.54 bits per heavy atom. The highest BCUT2D eigenvalue weighted by Crippen LogP contribution is 2.36. The molecule has 1 unspecified atom stereocenters. The number of nitrogens with zero attached hydrogens (tertiary/aromatic N) is 2. The van der Waals surface area contributed by atoms with Gasteiger partial charge >= 0.3 is 0 Å². The van der Waals surface area contributed by atoms with Gasteiger partial charge in [-0.3, -0.25) is 14.7 Å². The molecule has 0 fully saturated rings. The Kier molecular flexibility index (Phi) is 4.27. The molecular formula is C21H19N3O2. The fourth-order valence-corrected chi connectivity index (χ4v) is 3.15. The number of hydrogen-bond acceptors (Lipinski definition) is 4. The third kappa shape index (κ3) is 2.88. The minimum atomic E-state index is -0.362. The number of nitrogens with one attached hydrogen (secondary N) is 1. The second-order valence-electron chi connectivity index (χ2n) is 5.95. The SMILES string of the molecule is CCOc1ccc(NC2c3ncccc3C(=O)N2c2ccccc2)cc1. The Morgan fingerprint density at radius 2 is 1.81 bits per heavy atom. The highest BCUT2D eigenvalue weighted by Gasteiger charge is 2.38. The predicted octanol–water partition coefficient (Wildman–Crippen LogP) is 4.25. The number of hydrogen-bond donors (Lipinski definition) is 1. The Labute approximate surface area is 152 Å². The highest BCUT2D eigenvalue weighted by molar-refractivity contribution is 6.11. The minimum Gasteiger partial charge on any atom is -0.494 e. The molecule has 4 rings (SSSR count). The van der Waals surface area contributed by atoms with Gasteiger partial charge in [0.25, 0.3) is 5.91 Å². The topological polar surface area (TPSA) is 54.5 Å². The van der Waals surface area contributed by atoms with Crippen LogP contribution in [0.1, 0.15) is 29.1 Å². The van der Waals surface area contributed by atoms with Crippen molar-refractivity contribution in [3.05, 3.63) is 84.2 Å². The van der Waals surface area contributed by atoms with Crippen LogP contribution >= 0.6 is 0 Å². The summed E-state index contributed by atoms with van der Waals surface area (Å²) in [5.41, 5.74) is 3.08. The highest BCUT2D eigenvalue weighted by atomic mass is 16.5. The molecule has 1 atom stereocenters. The number of anilines is 2. The van der Waals surface area contributed by atoms with Crippen LogP contribution in [0.4, 0.5) is 11.4 Å². The number of para-hydroxylation sites is 1. The van der Waals surface area contributed by atoms with Gasteiger partial charge < -0.3 is 10.1 Å². The van der Waals surface area contributed by atoms with Gasteiger partial charge in [0.2, 0.25) is 0 Å². The van der Waals surface area contributed by atoms with E-state index in [1.807, 2.05) is 67.6 Å². The van der Waals surface area contributed by atoms with Gasteiger partial charge in [-0.25, -0.2) is 0 Å². The van der Waals surface area contributed by atoms with Gasteiger partial charge in [-0.05, 0) is 55.5 Å². The van der Waals surface area contributed by atoms with E-state index in [2.05, 4.69) is 10.3 Å². The summed E-state index contributed by atoms with van der Waals surface area (Å²) < 4.78 is 5.49. The molecule has 0 saturated heterocycles. The Hall–Kier alpha value is -3.34. The van der Waals surface area contributed by atoms with Crippen LogP contribution in [-0.4, -0.2) is 17.5 Å². The lowest BCUT2D eigenvalue weighted by molar-refractivity contribution is 0.0993. The summed E-state index contributed by atoms with van der Waals surface area (Å²) in [5, 5.41) is 3.43. The molecule has 1 amide bonds. The molecule has 0 saturated carbocycles. The molecule has 1 N–H and O–H groups in total. The molecule has 1 aliphatic rings. The number of amides is 1. The summed E-state index contributed by atoms with van der Waals surface area (Å²) in [6.07, 6.45) is 1.35. The van der Waals surface area contributed by atoms with Crippen molar-refractivity contribution in [1.82, 2.24) is 4.98 Å². The third-order valence-corrected chi connectivity index (χ3v) is 4.31. The molecule has 0 bridgehead atoms. The molecule has 0 spiro atoms. The van der Waals surface area contributed by atoms with Crippen molar-refractivity contribution in [2.24, 2.45) is 0 Å². The summed E-state index contributed by atoms with van der Waals surface area (Å²) in [5.74, 6) is 0.765. The number of pyridine rings is 1. The zero-order valence-corrected chi connectivity index (χ0v) is 14.4.